The van der Waals surface area contributed by atoms with Crippen molar-refractivity contribution in [1.82, 2.24) is 0 Å². The van der Waals surface area contributed by atoms with Gasteiger partial charge in [0, 0.05) is 17.4 Å². The quantitative estimate of drug-likeness (QED) is 0.586. The molecule has 0 saturated heterocycles. The summed E-state index contributed by atoms with van der Waals surface area (Å²) in [5.41, 5.74) is 0.318. The average Bonchev–Trinajstić information content (AvgIpc) is 2.41. The molecule has 0 aromatic heterocycles. The van der Waals surface area contributed by atoms with Crippen LogP contribution in [0.3, 0.4) is 0 Å². The molecule has 2 rings (SSSR count). The number of hydrogen-bond acceptors (Lipinski definition) is 1. The van der Waals surface area contributed by atoms with Gasteiger partial charge in [-0.25, -0.2) is 8.78 Å². The number of rotatable bonds is 3. The molecule has 0 radical (unpaired) electrons. The van der Waals surface area contributed by atoms with Crippen molar-refractivity contribution < 1.29 is 29.9 Å². The van der Waals surface area contributed by atoms with Crippen LogP contribution >= 0.6 is 13.6 Å². The van der Waals surface area contributed by atoms with E-state index in [0.717, 1.165) is 6.07 Å². The van der Waals surface area contributed by atoms with Crippen molar-refractivity contribution in [3.63, 3.8) is 0 Å². The van der Waals surface area contributed by atoms with Crippen molar-refractivity contribution in [2.24, 2.45) is 0 Å². The zero-order chi connectivity index (χ0) is 13.4. The summed E-state index contributed by atoms with van der Waals surface area (Å²) in [5.74, 6) is -0.658. The first kappa shape index (κ1) is 15.3. The van der Waals surface area contributed by atoms with Gasteiger partial charge in [0.1, 0.15) is 18.2 Å². The second-order valence-electron chi connectivity index (χ2n) is 3.25. The predicted molar refractivity (Wildman–Crippen MR) is 64.9 cm³/mol. The van der Waals surface area contributed by atoms with Crippen LogP contribution in [-0.2, 0) is 22.9 Å². The summed E-state index contributed by atoms with van der Waals surface area (Å²) in [6.07, 6.45) is 0. The molecule has 0 aliphatic carbocycles. The van der Waals surface area contributed by atoms with E-state index in [1.807, 2.05) is 6.07 Å². The first-order valence-electron chi connectivity index (χ1n) is 5.06. The maximum absolute atomic E-state index is 13.2. The van der Waals surface area contributed by atoms with Gasteiger partial charge in [0.25, 0.3) is 0 Å². The van der Waals surface area contributed by atoms with E-state index in [-0.39, 0.29) is 6.61 Å². The van der Waals surface area contributed by atoms with Crippen LogP contribution in [0.2, 0.25) is 0 Å². The normalized spacial score (nSPS) is 9.39. The Morgan fingerprint density at radius 2 is 1.94 bits per heavy atom. The van der Waals surface area contributed by atoms with E-state index in [9.17, 15) is 8.78 Å². The van der Waals surface area contributed by atoms with Crippen LogP contribution in [0.4, 0.5) is 8.78 Å². The number of halogens is 3. The molecule has 0 unspecified atom stereocenters. The van der Waals surface area contributed by atoms with Crippen molar-refractivity contribution in [3.05, 3.63) is 65.7 Å². The second kappa shape index (κ2) is 8.33. The van der Waals surface area contributed by atoms with Crippen molar-refractivity contribution in [1.29, 1.82) is 0 Å². The van der Waals surface area contributed by atoms with E-state index in [1.54, 1.807) is 18.2 Å². The molecule has 0 heterocycles. The van der Waals surface area contributed by atoms with Crippen LogP contribution in [0.5, 0.6) is 5.75 Å². The Kier molecular flexibility index (Phi) is 7.06. The van der Waals surface area contributed by atoms with Gasteiger partial charge in [-0.05, 0) is 12.1 Å². The number of benzene rings is 2. The molecule has 5 heteroatoms. The molecule has 2 aromatic carbocycles. The third-order valence-corrected chi connectivity index (χ3v) is 2.08. The molecular weight excluding hydrogens is 355 g/mol. The number of para-hydroxylation sites is 1. The Balaban J connectivity index is 0.000000771. The summed E-state index contributed by atoms with van der Waals surface area (Å²) in [6, 6.07) is 13.3. The van der Waals surface area contributed by atoms with Crippen LogP contribution in [0, 0.1) is 17.7 Å². The van der Waals surface area contributed by atoms with Gasteiger partial charge in [-0.1, -0.05) is 0 Å². The predicted octanol–water partition coefficient (Wildman–Crippen LogP) is 4.19. The second-order valence-corrected chi connectivity index (χ2v) is 3.25. The van der Waals surface area contributed by atoms with Crippen molar-refractivity contribution >= 4 is 13.6 Å². The molecule has 0 amide bonds. The fraction of sp³-hybridized carbons (Fsp3) is 0.0769. The average molecular weight is 365 g/mol. The third kappa shape index (κ3) is 4.83. The summed E-state index contributed by atoms with van der Waals surface area (Å²) in [4.78, 5) is 0. The molecule has 0 aliphatic rings. The summed E-state index contributed by atoms with van der Waals surface area (Å²) in [6.45, 7) is 0.0621. The van der Waals surface area contributed by atoms with Gasteiger partial charge in [-0.3, -0.25) is 0 Å². The van der Waals surface area contributed by atoms with Crippen LogP contribution in [0.1, 0.15) is 5.56 Å². The van der Waals surface area contributed by atoms with E-state index < -0.39 is 11.6 Å². The molecule has 1 nitrogen and oxygen atoms in total. The minimum absolute atomic E-state index is 0.0621. The molecular formula is C13H9BrF2OZn. The zero-order valence-electron chi connectivity index (χ0n) is 9.50. The Bertz CT molecular complexity index is 480. The van der Waals surface area contributed by atoms with Gasteiger partial charge in [0.15, 0.2) is 0 Å². The van der Waals surface area contributed by atoms with E-state index >= 15 is 0 Å². The van der Waals surface area contributed by atoms with E-state index in [0.29, 0.717) is 11.3 Å². The molecule has 0 atom stereocenters. The van der Waals surface area contributed by atoms with Crippen molar-refractivity contribution in [2.45, 2.75) is 6.61 Å². The maximum atomic E-state index is 13.2. The Morgan fingerprint density at radius 3 is 2.56 bits per heavy atom. The summed E-state index contributed by atoms with van der Waals surface area (Å²) in [5, 5.41) is 0. The van der Waals surface area contributed by atoms with Crippen LogP contribution < -0.4 is 4.74 Å². The molecule has 90 valence electrons. The van der Waals surface area contributed by atoms with E-state index in [2.05, 4.69) is 19.7 Å². The SMILES string of the molecule is Fc1ccc(COc2[c-]cccc2)c(F)c1.[Zn+][Br]. The monoisotopic (exact) mass is 362 g/mol. The fourth-order valence-electron chi connectivity index (χ4n) is 1.26. The van der Waals surface area contributed by atoms with Crippen LogP contribution in [0.15, 0.2) is 42.5 Å². The van der Waals surface area contributed by atoms with Gasteiger partial charge in [0.05, 0.1) is 0 Å². The molecule has 18 heavy (non-hydrogen) atoms. The van der Waals surface area contributed by atoms with Gasteiger partial charge in [0.2, 0.25) is 0 Å². The summed E-state index contributed by atoms with van der Waals surface area (Å²) in [7, 11) is 0. The van der Waals surface area contributed by atoms with Crippen LogP contribution in [0.25, 0.3) is 0 Å². The molecule has 0 aliphatic heterocycles. The Labute approximate surface area is 121 Å². The van der Waals surface area contributed by atoms with Gasteiger partial charge in [-0.2, -0.15) is 18.2 Å². The van der Waals surface area contributed by atoms with Crippen molar-refractivity contribution in [2.75, 3.05) is 0 Å². The third-order valence-electron chi connectivity index (χ3n) is 2.08. The molecule has 0 fully saturated rings. The minimum atomic E-state index is -0.601. The number of ether oxygens (including phenoxy) is 1. The van der Waals surface area contributed by atoms with Gasteiger partial charge < -0.3 is 4.74 Å². The molecule has 0 saturated carbocycles. The first-order chi connectivity index (χ1) is 8.75. The standard InChI is InChI=1S/C13H9F2O.BrH.Zn/c14-11-7-6-10(13(15)8-11)9-16-12-4-2-1-3-5-12;;/h1-4,6-8H,9H2;1H;/q-1;;+2/p-1. The topological polar surface area (TPSA) is 9.23 Å². The molecule has 0 bridgehead atoms. The molecule has 2 aromatic rings. The molecule has 0 N–H and O–H groups in total. The first-order valence-corrected chi connectivity index (χ1v) is 12.0. The molecule has 0 spiro atoms. The summed E-state index contributed by atoms with van der Waals surface area (Å²) < 4.78 is 31.1. The van der Waals surface area contributed by atoms with Crippen LogP contribution in [-0.4, -0.2) is 0 Å². The zero-order valence-corrected chi connectivity index (χ0v) is 14.1. The van der Waals surface area contributed by atoms with Gasteiger partial charge >= 0.3 is 30.0 Å². The fourth-order valence-corrected chi connectivity index (χ4v) is 1.26. The Morgan fingerprint density at radius 1 is 1.17 bits per heavy atom. The van der Waals surface area contributed by atoms with Gasteiger partial charge in [-0.15, -0.1) is 12.1 Å². The van der Waals surface area contributed by atoms with E-state index in [4.69, 9.17) is 4.74 Å². The summed E-state index contributed by atoms with van der Waals surface area (Å²) >= 11 is 4.25. The Hall–Kier alpha value is -0.797. The number of hydrogen-bond donors (Lipinski definition) is 0. The van der Waals surface area contributed by atoms with E-state index in [1.165, 1.54) is 28.5 Å². The van der Waals surface area contributed by atoms with Crippen molar-refractivity contribution in [3.8, 4) is 5.75 Å².